The number of carbonyl (C=O) groups excluding carboxylic acids is 1. The van der Waals surface area contributed by atoms with Gasteiger partial charge in [-0.2, -0.15) is 0 Å². The Morgan fingerprint density at radius 2 is 1.88 bits per heavy atom. The largest absolute Gasteiger partial charge is 0.477 e. The van der Waals surface area contributed by atoms with Crippen molar-refractivity contribution in [2.24, 2.45) is 0 Å². The molecule has 2 heterocycles. The molecule has 0 aromatic heterocycles. The first-order chi connectivity index (χ1) is 15.9. The maximum atomic E-state index is 13.1. The number of hydrogen-bond acceptors (Lipinski definition) is 4. The number of nitrogens with zero attached hydrogens (tertiary/aromatic N) is 1. The van der Waals surface area contributed by atoms with Crippen LogP contribution < -0.4 is 9.47 Å². The Balaban J connectivity index is 1.36. The van der Waals surface area contributed by atoms with Gasteiger partial charge in [-0.05, 0) is 60.9 Å². The summed E-state index contributed by atoms with van der Waals surface area (Å²) in [6.45, 7) is 3.74. The van der Waals surface area contributed by atoms with E-state index in [9.17, 15) is 9.18 Å². The average molecular weight is 484 g/mol. The highest BCUT2D eigenvalue weighted by Gasteiger charge is 2.33. The van der Waals surface area contributed by atoms with E-state index in [1.807, 2.05) is 13.0 Å². The third-order valence-electron chi connectivity index (χ3n) is 5.88. The van der Waals surface area contributed by atoms with E-state index < -0.39 is 0 Å². The second-order valence-corrected chi connectivity index (χ2v) is 9.02. The summed E-state index contributed by atoms with van der Waals surface area (Å²) in [5, 5.41) is 0.965. The van der Waals surface area contributed by atoms with Crippen LogP contribution in [0.25, 0.3) is 6.08 Å². The van der Waals surface area contributed by atoms with E-state index in [1.165, 1.54) is 12.1 Å². The lowest BCUT2D eigenvalue weighted by atomic mass is 10.00. The molecular formula is C26H20Cl2FNO3. The topological polar surface area (TPSA) is 38.8 Å². The van der Waals surface area contributed by atoms with Crippen LogP contribution in [0, 0.1) is 12.7 Å². The van der Waals surface area contributed by atoms with Crippen molar-refractivity contribution in [2.75, 3.05) is 13.3 Å². The molecule has 3 aromatic carbocycles. The minimum absolute atomic E-state index is 0.189. The van der Waals surface area contributed by atoms with E-state index >= 15 is 0 Å². The summed E-state index contributed by atoms with van der Waals surface area (Å²) in [6.07, 6.45) is 2.41. The van der Waals surface area contributed by atoms with E-state index in [2.05, 4.69) is 4.90 Å². The lowest BCUT2D eigenvalue weighted by Gasteiger charge is -2.30. The van der Waals surface area contributed by atoms with Gasteiger partial charge in [0.1, 0.15) is 24.0 Å². The average Bonchev–Trinajstić information content (AvgIpc) is 3.11. The summed E-state index contributed by atoms with van der Waals surface area (Å²) in [6, 6.07) is 13.5. The van der Waals surface area contributed by atoms with E-state index in [0.29, 0.717) is 40.2 Å². The molecule has 168 valence electrons. The molecular weight excluding hydrogens is 464 g/mol. The Morgan fingerprint density at radius 1 is 1.09 bits per heavy atom. The second kappa shape index (κ2) is 8.82. The molecule has 0 amide bonds. The molecule has 0 aliphatic carbocycles. The third kappa shape index (κ3) is 4.36. The number of benzene rings is 3. The van der Waals surface area contributed by atoms with Crippen LogP contribution in [0.1, 0.15) is 32.6 Å². The molecule has 0 atom stereocenters. The maximum absolute atomic E-state index is 13.1. The summed E-state index contributed by atoms with van der Waals surface area (Å²) in [5.41, 5.74) is 3.99. The number of allylic oxidation sites excluding steroid dienone is 1. The summed E-state index contributed by atoms with van der Waals surface area (Å²) in [4.78, 5) is 15.2. The van der Waals surface area contributed by atoms with Gasteiger partial charge >= 0.3 is 0 Å². The lowest BCUT2D eigenvalue weighted by Crippen LogP contribution is -2.34. The van der Waals surface area contributed by atoms with Crippen LogP contribution >= 0.6 is 23.2 Å². The molecule has 0 bridgehead atoms. The number of Topliss-reactive ketones (excluding diaryl/α,β-unsaturated/α-hetero) is 1. The van der Waals surface area contributed by atoms with Crippen molar-refractivity contribution in [3.63, 3.8) is 0 Å². The Kier molecular flexibility index (Phi) is 5.87. The van der Waals surface area contributed by atoms with Crippen molar-refractivity contribution in [2.45, 2.75) is 19.9 Å². The molecule has 7 heteroatoms. The highest BCUT2D eigenvalue weighted by molar-refractivity contribution is 6.35. The first kappa shape index (κ1) is 22.0. The maximum Gasteiger partial charge on any atom is 0.231 e. The molecule has 33 heavy (non-hydrogen) atoms. The normalized spacial score (nSPS) is 16.4. The van der Waals surface area contributed by atoms with Gasteiger partial charge in [0, 0.05) is 34.3 Å². The Bertz CT molecular complexity index is 1290. The lowest BCUT2D eigenvalue weighted by molar-refractivity contribution is 0.0954. The van der Waals surface area contributed by atoms with Crippen LogP contribution in [0.5, 0.6) is 11.5 Å². The van der Waals surface area contributed by atoms with E-state index in [0.717, 1.165) is 35.4 Å². The van der Waals surface area contributed by atoms with Gasteiger partial charge in [-0.25, -0.2) is 4.39 Å². The fraction of sp³-hybridized carbons (Fsp3) is 0.192. The highest BCUT2D eigenvalue weighted by atomic mass is 35.5. The highest BCUT2D eigenvalue weighted by Crippen LogP contribution is 2.43. The van der Waals surface area contributed by atoms with Crippen molar-refractivity contribution in [3.8, 4) is 11.5 Å². The van der Waals surface area contributed by atoms with Gasteiger partial charge in [0.15, 0.2) is 5.76 Å². The van der Waals surface area contributed by atoms with Gasteiger partial charge in [0.2, 0.25) is 5.78 Å². The molecule has 0 unspecified atom stereocenters. The molecule has 0 radical (unpaired) electrons. The zero-order chi connectivity index (χ0) is 23.1. The predicted molar refractivity (Wildman–Crippen MR) is 127 cm³/mol. The number of fused-ring (bicyclic) bond motifs is 2. The predicted octanol–water partition coefficient (Wildman–Crippen LogP) is 6.45. The zero-order valence-corrected chi connectivity index (χ0v) is 19.3. The summed E-state index contributed by atoms with van der Waals surface area (Å²) in [5.74, 6) is 1.07. The second-order valence-electron chi connectivity index (χ2n) is 8.17. The number of hydrogen-bond donors (Lipinski definition) is 0. The SMILES string of the molecule is Cc1c2c(cc3c1O/C(=C\c1ccc(Cl)cc1Cl)C3=O)CN(CCc1ccc(F)cc1)CO2. The number of halogens is 3. The van der Waals surface area contributed by atoms with Gasteiger partial charge in [-0.1, -0.05) is 41.4 Å². The zero-order valence-electron chi connectivity index (χ0n) is 17.8. The van der Waals surface area contributed by atoms with Crippen molar-refractivity contribution >= 4 is 35.1 Å². The van der Waals surface area contributed by atoms with Gasteiger partial charge in [0.05, 0.1) is 5.56 Å². The van der Waals surface area contributed by atoms with Gasteiger partial charge in [-0.3, -0.25) is 9.69 Å². The third-order valence-corrected chi connectivity index (χ3v) is 6.44. The molecule has 0 saturated carbocycles. The molecule has 3 aromatic rings. The van der Waals surface area contributed by atoms with Crippen LogP contribution in [-0.4, -0.2) is 24.0 Å². The van der Waals surface area contributed by atoms with Crippen LogP contribution in [0.4, 0.5) is 4.39 Å². The first-order valence-corrected chi connectivity index (χ1v) is 11.3. The standard InChI is InChI=1S/C26H20Cl2FNO3/c1-15-25-18(13-30(14-32-25)9-8-16-2-6-20(29)7-3-16)10-21-24(31)23(33-26(15)21)11-17-4-5-19(27)12-22(17)28/h2-7,10-12H,8-9,13-14H2,1H3/b23-11-. The molecule has 0 spiro atoms. The smallest absolute Gasteiger partial charge is 0.231 e. The van der Waals surface area contributed by atoms with Crippen LogP contribution in [0.2, 0.25) is 10.0 Å². The Labute approximate surface area is 201 Å². The molecule has 0 N–H and O–H groups in total. The molecule has 0 saturated heterocycles. The number of ether oxygens (including phenoxy) is 2. The van der Waals surface area contributed by atoms with Crippen molar-refractivity contribution < 1.29 is 18.7 Å². The van der Waals surface area contributed by atoms with Crippen molar-refractivity contribution in [1.82, 2.24) is 4.90 Å². The summed E-state index contributed by atoms with van der Waals surface area (Å²) in [7, 11) is 0. The van der Waals surface area contributed by atoms with E-state index in [4.69, 9.17) is 32.7 Å². The van der Waals surface area contributed by atoms with Crippen molar-refractivity contribution in [3.05, 3.63) is 98.0 Å². The van der Waals surface area contributed by atoms with E-state index in [-0.39, 0.29) is 17.4 Å². The minimum Gasteiger partial charge on any atom is -0.477 e. The number of ketones is 1. The number of rotatable bonds is 4. The van der Waals surface area contributed by atoms with Gasteiger partial charge in [0.25, 0.3) is 0 Å². The van der Waals surface area contributed by atoms with Gasteiger partial charge in [-0.15, -0.1) is 0 Å². The molecule has 5 rings (SSSR count). The quantitative estimate of drug-likeness (QED) is 0.399. The summed E-state index contributed by atoms with van der Waals surface area (Å²) < 4.78 is 25.1. The first-order valence-electron chi connectivity index (χ1n) is 10.5. The molecule has 0 fully saturated rings. The minimum atomic E-state index is -0.239. The molecule has 2 aliphatic rings. The van der Waals surface area contributed by atoms with Crippen LogP contribution in [0.3, 0.4) is 0 Å². The molecule has 4 nitrogen and oxygen atoms in total. The fourth-order valence-corrected chi connectivity index (χ4v) is 4.60. The van der Waals surface area contributed by atoms with Crippen LogP contribution in [0.15, 0.2) is 54.3 Å². The van der Waals surface area contributed by atoms with E-state index in [1.54, 1.807) is 36.4 Å². The molecule has 2 aliphatic heterocycles. The Morgan fingerprint density at radius 3 is 2.64 bits per heavy atom. The number of carbonyl (C=O) groups is 1. The van der Waals surface area contributed by atoms with Crippen LogP contribution in [-0.2, 0) is 13.0 Å². The fourth-order valence-electron chi connectivity index (χ4n) is 4.14. The van der Waals surface area contributed by atoms with Gasteiger partial charge < -0.3 is 9.47 Å². The summed E-state index contributed by atoms with van der Waals surface area (Å²) >= 11 is 12.2. The Hall–Kier alpha value is -2.86. The monoisotopic (exact) mass is 483 g/mol. The van der Waals surface area contributed by atoms with Crippen molar-refractivity contribution in [1.29, 1.82) is 0 Å².